The maximum absolute atomic E-state index is 13.0. The van der Waals surface area contributed by atoms with Crippen LogP contribution in [0.5, 0.6) is 5.75 Å². The molecule has 1 amide bonds. The van der Waals surface area contributed by atoms with Crippen LogP contribution < -0.4 is 20.7 Å². The summed E-state index contributed by atoms with van der Waals surface area (Å²) in [5, 5.41) is 9.74. The van der Waals surface area contributed by atoms with E-state index >= 15 is 0 Å². The van der Waals surface area contributed by atoms with Crippen molar-refractivity contribution in [3.63, 3.8) is 0 Å². The number of thiocarbonyl (C=S) groups is 1. The van der Waals surface area contributed by atoms with Crippen LogP contribution in [-0.2, 0) is 4.79 Å². The topological polar surface area (TPSA) is 62.4 Å². The molecule has 0 unspecified atom stereocenters. The molecule has 0 bridgehead atoms. The highest BCUT2D eigenvalue weighted by atomic mass is 32.1. The van der Waals surface area contributed by atoms with E-state index in [2.05, 4.69) is 16.0 Å². The number of para-hydroxylation sites is 1. The van der Waals surface area contributed by atoms with Crippen molar-refractivity contribution in [3.05, 3.63) is 70.9 Å². The number of amides is 1. The Morgan fingerprint density at radius 2 is 1.81 bits per heavy atom. The molecule has 6 heteroatoms. The number of nitrogens with one attached hydrogen (secondary N) is 3. The second-order valence-corrected chi connectivity index (χ2v) is 6.52. The molecule has 5 nitrogen and oxygen atoms in total. The molecule has 1 atom stereocenters. The molecule has 0 aromatic heterocycles. The number of hydrogen-bond acceptors (Lipinski definition) is 3. The summed E-state index contributed by atoms with van der Waals surface area (Å²) in [5.74, 6) is 0.594. The van der Waals surface area contributed by atoms with E-state index in [1.54, 1.807) is 7.11 Å². The fourth-order valence-electron chi connectivity index (χ4n) is 2.94. The zero-order valence-electron chi connectivity index (χ0n) is 14.9. The summed E-state index contributed by atoms with van der Waals surface area (Å²) in [6, 6.07) is 15.0. The van der Waals surface area contributed by atoms with Gasteiger partial charge in [0.1, 0.15) is 5.75 Å². The predicted molar refractivity (Wildman–Crippen MR) is 107 cm³/mol. The van der Waals surface area contributed by atoms with E-state index in [4.69, 9.17) is 17.0 Å². The Morgan fingerprint density at radius 3 is 2.46 bits per heavy atom. The van der Waals surface area contributed by atoms with Crippen molar-refractivity contribution in [2.24, 2.45) is 0 Å². The first-order valence-electron chi connectivity index (χ1n) is 8.29. The van der Waals surface area contributed by atoms with Gasteiger partial charge >= 0.3 is 0 Å². The smallest absolute Gasteiger partial charge is 0.255 e. The second kappa shape index (κ2) is 7.58. The zero-order valence-corrected chi connectivity index (χ0v) is 15.7. The Balaban J connectivity index is 1.94. The molecule has 3 rings (SSSR count). The Bertz CT molecular complexity index is 875. The second-order valence-electron chi connectivity index (χ2n) is 6.11. The average Bonchev–Trinajstić information content (AvgIpc) is 2.63. The molecule has 3 N–H and O–H groups in total. The molecular formula is C20H21N3O2S. The van der Waals surface area contributed by atoms with Crippen LogP contribution in [0.2, 0.25) is 0 Å². The molecule has 0 fully saturated rings. The van der Waals surface area contributed by atoms with Crippen molar-refractivity contribution in [2.75, 3.05) is 12.4 Å². The molecule has 0 spiro atoms. The van der Waals surface area contributed by atoms with Crippen molar-refractivity contribution in [1.82, 2.24) is 10.6 Å². The number of rotatable bonds is 4. The maximum atomic E-state index is 13.0. The van der Waals surface area contributed by atoms with Gasteiger partial charge in [-0.15, -0.1) is 0 Å². The minimum absolute atomic E-state index is 0.167. The molecule has 1 aliphatic heterocycles. The van der Waals surface area contributed by atoms with E-state index in [1.807, 2.05) is 62.4 Å². The number of benzene rings is 2. The van der Waals surface area contributed by atoms with Crippen LogP contribution in [0.25, 0.3) is 0 Å². The zero-order chi connectivity index (χ0) is 18.7. The molecule has 1 heterocycles. The largest absolute Gasteiger partial charge is 0.497 e. The highest BCUT2D eigenvalue weighted by Gasteiger charge is 2.30. The normalized spacial score (nSPS) is 16.6. The van der Waals surface area contributed by atoms with Gasteiger partial charge in [0.05, 0.1) is 18.7 Å². The van der Waals surface area contributed by atoms with Crippen LogP contribution in [0, 0.1) is 6.92 Å². The first-order valence-corrected chi connectivity index (χ1v) is 8.69. The number of hydrogen-bond donors (Lipinski definition) is 3. The van der Waals surface area contributed by atoms with E-state index in [1.165, 1.54) is 0 Å². The molecule has 134 valence electrons. The lowest BCUT2D eigenvalue weighted by Crippen LogP contribution is -2.45. The van der Waals surface area contributed by atoms with Crippen molar-refractivity contribution in [2.45, 2.75) is 19.9 Å². The van der Waals surface area contributed by atoms with Gasteiger partial charge in [0.25, 0.3) is 5.91 Å². The number of allylic oxidation sites excluding steroid dienone is 1. The maximum Gasteiger partial charge on any atom is 0.255 e. The fourth-order valence-corrected chi connectivity index (χ4v) is 3.21. The lowest BCUT2D eigenvalue weighted by Gasteiger charge is -2.30. The average molecular weight is 367 g/mol. The van der Waals surface area contributed by atoms with Crippen LogP contribution in [-0.4, -0.2) is 18.1 Å². The Morgan fingerprint density at radius 1 is 1.12 bits per heavy atom. The number of methoxy groups -OCH3 is 1. The van der Waals surface area contributed by atoms with E-state index in [0.717, 1.165) is 28.3 Å². The Labute approximate surface area is 158 Å². The summed E-state index contributed by atoms with van der Waals surface area (Å²) in [6.45, 7) is 3.82. The van der Waals surface area contributed by atoms with E-state index < -0.39 is 0 Å². The number of anilines is 1. The van der Waals surface area contributed by atoms with Crippen molar-refractivity contribution < 1.29 is 9.53 Å². The summed E-state index contributed by atoms with van der Waals surface area (Å²) >= 11 is 5.29. The van der Waals surface area contributed by atoms with Gasteiger partial charge in [0.2, 0.25) is 0 Å². The standard InChI is InChI=1S/C20H21N3O2S/c1-12-6-4-5-7-16(12)22-19(24)17-13(2)21-20(26)23-18(17)14-8-10-15(25-3)11-9-14/h4-11,18H,1-3H3,(H,22,24)(H2,21,23,26)/t18-/m1/s1. The highest BCUT2D eigenvalue weighted by Crippen LogP contribution is 2.29. The fraction of sp³-hybridized carbons (Fsp3) is 0.200. The molecule has 26 heavy (non-hydrogen) atoms. The first kappa shape index (κ1) is 17.9. The van der Waals surface area contributed by atoms with Crippen LogP contribution in [0.3, 0.4) is 0 Å². The SMILES string of the molecule is COc1ccc([C@H]2NC(=S)NC(C)=C2C(=O)Nc2ccccc2C)cc1. The predicted octanol–water partition coefficient (Wildman–Crippen LogP) is 3.44. The van der Waals surface area contributed by atoms with E-state index in [0.29, 0.717) is 10.7 Å². The van der Waals surface area contributed by atoms with Crippen molar-refractivity contribution in [1.29, 1.82) is 0 Å². The monoisotopic (exact) mass is 367 g/mol. The van der Waals surface area contributed by atoms with Crippen LogP contribution in [0.1, 0.15) is 24.1 Å². The van der Waals surface area contributed by atoms with Crippen LogP contribution >= 0.6 is 12.2 Å². The molecule has 0 aliphatic carbocycles. The van der Waals surface area contributed by atoms with E-state index in [-0.39, 0.29) is 11.9 Å². The molecular weight excluding hydrogens is 346 g/mol. The van der Waals surface area contributed by atoms with Gasteiger partial charge in [-0.05, 0) is 55.4 Å². The lowest BCUT2D eigenvalue weighted by atomic mass is 9.94. The van der Waals surface area contributed by atoms with Crippen LogP contribution in [0.15, 0.2) is 59.8 Å². The number of carbonyl (C=O) groups excluding carboxylic acids is 1. The molecule has 1 aliphatic rings. The number of carbonyl (C=O) groups is 1. The van der Waals surface area contributed by atoms with Gasteiger partial charge in [0.15, 0.2) is 5.11 Å². The summed E-state index contributed by atoms with van der Waals surface area (Å²) in [6.07, 6.45) is 0. The van der Waals surface area contributed by atoms with Crippen LogP contribution in [0.4, 0.5) is 5.69 Å². The summed E-state index contributed by atoms with van der Waals surface area (Å²) in [5.41, 5.74) is 4.07. The van der Waals surface area contributed by atoms with Gasteiger partial charge in [-0.3, -0.25) is 4.79 Å². The molecule has 0 radical (unpaired) electrons. The third-order valence-corrected chi connectivity index (χ3v) is 4.58. The van der Waals surface area contributed by atoms with E-state index in [9.17, 15) is 4.79 Å². The summed E-state index contributed by atoms with van der Waals surface area (Å²) < 4.78 is 5.22. The highest BCUT2D eigenvalue weighted by molar-refractivity contribution is 7.80. The van der Waals surface area contributed by atoms with Gasteiger partial charge in [-0.25, -0.2) is 0 Å². The molecule has 2 aromatic rings. The summed E-state index contributed by atoms with van der Waals surface area (Å²) in [4.78, 5) is 13.0. The molecule has 2 aromatic carbocycles. The van der Waals surface area contributed by atoms with Gasteiger partial charge in [0, 0.05) is 11.4 Å². The quantitative estimate of drug-likeness (QED) is 0.723. The van der Waals surface area contributed by atoms with Crippen molar-refractivity contribution in [3.8, 4) is 5.75 Å². The Hall–Kier alpha value is -2.86. The number of aryl methyl sites for hydroxylation is 1. The van der Waals surface area contributed by atoms with Gasteiger partial charge < -0.3 is 20.7 Å². The minimum atomic E-state index is -0.335. The van der Waals surface area contributed by atoms with Gasteiger partial charge in [-0.2, -0.15) is 0 Å². The van der Waals surface area contributed by atoms with Crippen molar-refractivity contribution >= 4 is 28.9 Å². The summed E-state index contributed by atoms with van der Waals surface area (Å²) in [7, 11) is 1.62. The molecule has 0 saturated carbocycles. The first-order chi connectivity index (χ1) is 12.5. The number of ether oxygens (including phenoxy) is 1. The third kappa shape index (κ3) is 3.70. The van der Waals surface area contributed by atoms with Gasteiger partial charge in [-0.1, -0.05) is 30.3 Å². The lowest BCUT2D eigenvalue weighted by molar-refractivity contribution is -0.113. The third-order valence-electron chi connectivity index (χ3n) is 4.36. The molecule has 0 saturated heterocycles. The minimum Gasteiger partial charge on any atom is -0.497 e. The Kier molecular flexibility index (Phi) is 5.23.